The number of pyridine rings is 2. The second-order valence-electron chi connectivity index (χ2n) is 8.39. The second-order valence-corrected chi connectivity index (χ2v) is 8.39. The predicted octanol–water partition coefficient (Wildman–Crippen LogP) is 7.18. The van der Waals surface area contributed by atoms with Gasteiger partial charge in [-0.3, -0.25) is 0 Å². The van der Waals surface area contributed by atoms with Crippen LogP contribution in [0, 0.1) is 6.07 Å². The number of benzene rings is 4. The molecule has 0 saturated heterocycles. The molecule has 7 aromatic rings. The summed E-state index contributed by atoms with van der Waals surface area (Å²) in [6.07, 6.45) is 1.78. The fourth-order valence-corrected chi connectivity index (χ4v) is 4.76. The van der Waals surface area contributed by atoms with Crippen LogP contribution < -0.4 is 4.74 Å². The number of para-hydroxylation sites is 1. The molecule has 0 atom stereocenters. The van der Waals surface area contributed by atoms with Crippen molar-refractivity contribution >= 4 is 43.5 Å². The molecule has 0 unspecified atom stereocenters. The SMILES string of the molecule is Oc1cc2ccccc2c2ccc(Oc3[c-]c4c(cc3)c3ccccc3n4-c3ccccn3)nc12.[Pt]. The van der Waals surface area contributed by atoms with E-state index >= 15 is 0 Å². The van der Waals surface area contributed by atoms with E-state index in [0.29, 0.717) is 17.1 Å². The van der Waals surface area contributed by atoms with Gasteiger partial charge in [-0.1, -0.05) is 54.0 Å². The molecule has 0 radical (unpaired) electrons. The van der Waals surface area contributed by atoms with Crippen molar-refractivity contribution in [1.82, 2.24) is 14.5 Å². The molecule has 36 heavy (non-hydrogen) atoms. The van der Waals surface area contributed by atoms with Gasteiger partial charge in [-0.05, 0) is 46.5 Å². The largest absolute Gasteiger partial charge is 0.506 e. The summed E-state index contributed by atoms with van der Waals surface area (Å²) in [5.41, 5.74) is 2.43. The van der Waals surface area contributed by atoms with E-state index in [-0.39, 0.29) is 26.8 Å². The van der Waals surface area contributed by atoms with Crippen molar-refractivity contribution < 1.29 is 30.9 Å². The molecule has 0 bridgehead atoms. The van der Waals surface area contributed by atoms with Gasteiger partial charge in [-0.2, -0.15) is 6.07 Å². The van der Waals surface area contributed by atoms with Crippen LogP contribution in [0.3, 0.4) is 0 Å². The van der Waals surface area contributed by atoms with Crippen LogP contribution in [0.5, 0.6) is 17.4 Å². The number of hydrogen-bond acceptors (Lipinski definition) is 4. The van der Waals surface area contributed by atoms with Gasteiger partial charge in [0, 0.05) is 50.0 Å². The van der Waals surface area contributed by atoms with Gasteiger partial charge >= 0.3 is 0 Å². The van der Waals surface area contributed by atoms with Crippen LogP contribution in [0.4, 0.5) is 0 Å². The van der Waals surface area contributed by atoms with Gasteiger partial charge in [0.15, 0.2) is 0 Å². The Balaban J connectivity index is 0.00000240. The summed E-state index contributed by atoms with van der Waals surface area (Å²) in [6, 6.07) is 34.9. The minimum Gasteiger partial charge on any atom is -0.506 e. The van der Waals surface area contributed by atoms with Crippen molar-refractivity contribution in [2.75, 3.05) is 0 Å². The number of phenolic OH excluding ortho intramolecular Hbond substituents is 1. The molecule has 6 heteroatoms. The minimum atomic E-state index is 0. The molecule has 0 saturated carbocycles. The van der Waals surface area contributed by atoms with Crippen molar-refractivity contribution in [3.63, 3.8) is 0 Å². The van der Waals surface area contributed by atoms with Crippen LogP contribution in [-0.2, 0) is 21.1 Å². The maximum Gasteiger partial charge on any atom is 0.217 e. The van der Waals surface area contributed by atoms with Crippen LogP contribution in [0.25, 0.3) is 49.3 Å². The molecule has 0 aliphatic heterocycles. The molecule has 0 amide bonds. The molecule has 0 spiro atoms. The van der Waals surface area contributed by atoms with E-state index in [1.54, 1.807) is 12.3 Å². The van der Waals surface area contributed by atoms with E-state index in [4.69, 9.17) is 4.74 Å². The molecule has 3 heterocycles. The summed E-state index contributed by atoms with van der Waals surface area (Å²) in [5.74, 6) is 1.86. The molecule has 7 rings (SSSR count). The topological polar surface area (TPSA) is 60.2 Å². The summed E-state index contributed by atoms with van der Waals surface area (Å²) in [6.45, 7) is 0. The zero-order chi connectivity index (χ0) is 23.4. The molecular weight excluding hydrogens is 629 g/mol. The van der Waals surface area contributed by atoms with Crippen LogP contribution in [0.2, 0.25) is 0 Å². The van der Waals surface area contributed by atoms with Crippen molar-refractivity contribution in [2.24, 2.45) is 0 Å². The van der Waals surface area contributed by atoms with E-state index in [1.807, 2.05) is 78.9 Å². The third-order valence-corrected chi connectivity index (χ3v) is 6.31. The summed E-state index contributed by atoms with van der Waals surface area (Å²) >= 11 is 0. The minimum absolute atomic E-state index is 0. The number of hydrogen-bond donors (Lipinski definition) is 1. The van der Waals surface area contributed by atoms with Gasteiger partial charge in [0.05, 0.1) is 0 Å². The van der Waals surface area contributed by atoms with Crippen LogP contribution >= 0.6 is 0 Å². The first-order valence-corrected chi connectivity index (χ1v) is 11.3. The molecular formula is C30H18N3O2Pt-. The maximum absolute atomic E-state index is 10.6. The van der Waals surface area contributed by atoms with Gasteiger partial charge in [0.2, 0.25) is 5.88 Å². The standard InChI is InChI=1S/C30H18N3O2.Pt/c34-27-17-19-7-1-2-8-21(19)24-14-15-29(32-30(24)27)35-20-12-13-23-22-9-3-4-10-25(22)33(26(23)18-20)28-11-5-6-16-31-28;/h1-17,34H;/q-1;. The van der Waals surface area contributed by atoms with E-state index < -0.39 is 0 Å². The van der Waals surface area contributed by atoms with Crippen LogP contribution in [-0.4, -0.2) is 19.6 Å². The third kappa shape index (κ3) is 3.52. The van der Waals surface area contributed by atoms with Gasteiger partial charge in [0.1, 0.15) is 17.1 Å². The van der Waals surface area contributed by atoms with E-state index in [0.717, 1.165) is 43.8 Å². The Morgan fingerprint density at radius 3 is 2.39 bits per heavy atom. The molecule has 0 aliphatic rings. The van der Waals surface area contributed by atoms with Gasteiger partial charge in [-0.25, -0.2) is 9.97 Å². The van der Waals surface area contributed by atoms with E-state index in [1.165, 1.54) is 0 Å². The molecule has 176 valence electrons. The monoisotopic (exact) mass is 647 g/mol. The summed E-state index contributed by atoms with van der Waals surface area (Å²) in [4.78, 5) is 9.18. The summed E-state index contributed by atoms with van der Waals surface area (Å²) in [7, 11) is 0. The zero-order valence-corrected chi connectivity index (χ0v) is 21.1. The van der Waals surface area contributed by atoms with Gasteiger partial charge in [-0.15, -0.1) is 17.5 Å². The predicted molar refractivity (Wildman–Crippen MR) is 138 cm³/mol. The maximum atomic E-state index is 10.6. The molecule has 4 aromatic carbocycles. The summed E-state index contributed by atoms with van der Waals surface area (Å²) < 4.78 is 8.22. The second kappa shape index (κ2) is 8.78. The normalized spacial score (nSPS) is 11.2. The molecule has 1 N–H and O–H groups in total. The number of phenols is 1. The Morgan fingerprint density at radius 2 is 1.53 bits per heavy atom. The first-order valence-electron chi connectivity index (χ1n) is 11.3. The Kier molecular flexibility index (Phi) is 5.43. The fraction of sp³-hybridized carbons (Fsp3) is 0. The van der Waals surface area contributed by atoms with Crippen molar-refractivity contribution in [2.45, 2.75) is 0 Å². The number of ether oxygens (including phenoxy) is 1. The quantitative estimate of drug-likeness (QED) is 0.163. The number of fused-ring (bicyclic) bond motifs is 6. The zero-order valence-electron chi connectivity index (χ0n) is 18.8. The molecule has 5 nitrogen and oxygen atoms in total. The smallest absolute Gasteiger partial charge is 0.217 e. The van der Waals surface area contributed by atoms with Crippen LogP contribution in [0.1, 0.15) is 0 Å². The fourth-order valence-electron chi connectivity index (χ4n) is 4.76. The van der Waals surface area contributed by atoms with Crippen molar-refractivity contribution in [1.29, 1.82) is 0 Å². The molecule has 0 aliphatic carbocycles. The number of rotatable bonds is 3. The Labute approximate surface area is 220 Å². The molecule has 3 aromatic heterocycles. The van der Waals surface area contributed by atoms with Crippen molar-refractivity contribution in [3.8, 4) is 23.2 Å². The third-order valence-electron chi connectivity index (χ3n) is 6.31. The number of nitrogens with zero attached hydrogens (tertiary/aromatic N) is 3. The first-order chi connectivity index (χ1) is 17.3. The first kappa shape index (κ1) is 22.3. The molecule has 0 fully saturated rings. The average molecular weight is 648 g/mol. The van der Waals surface area contributed by atoms with Gasteiger partial charge < -0.3 is 14.4 Å². The summed E-state index contributed by atoms with van der Waals surface area (Å²) in [5, 5.41) is 15.7. The van der Waals surface area contributed by atoms with E-state index in [2.05, 4.69) is 32.7 Å². The number of aromatic nitrogens is 3. The average Bonchev–Trinajstić information content (AvgIpc) is 3.23. The van der Waals surface area contributed by atoms with Crippen LogP contribution in [0.15, 0.2) is 103 Å². The van der Waals surface area contributed by atoms with E-state index in [9.17, 15) is 5.11 Å². The Bertz CT molecular complexity index is 1900. The number of aromatic hydroxyl groups is 1. The van der Waals surface area contributed by atoms with Crippen molar-refractivity contribution in [3.05, 3.63) is 109 Å². The van der Waals surface area contributed by atoms with Gasteiger partial charge in [0.25, 0.3) is 0 Å². The Hall–Kier alpha value is -4.21. The Morgan fingerprint density at radius 1 is 0.750 bits per heavy atom.